The van der Waals surface area contributed by atoms with E-state index in [0.717, 1.165) is 28.9 Å². The molecule has 0 spiro atoms. The highest BCUT2D eigenvalue weighted by molar-refractivity contribution is 5.98. The molecule has 0 radical (unpaired) electrons. The Morgan fingerprint density at radius 2 is 2.04 bits per heavy atom. The zero-order chi connectivity index (χ0) is 20.4. The van der Waals surface area contributed by atoms with Crippen LogP contribution in [0.3, 0.4) is 0 Å². The maximum absolute atomic E-state index is 12.3. The van der Waals surface area contributed by atoms with Gasteiger partial charge in [-0.1, -0.05) is 38.8 Å². The summed E-state index contributed by atoms with van der Waals surface area (Å²) < 4.78 is 0. The molecule has 0 heterocycles. The van der Waals surface area contributed by atoms with E-state index in [9.17, 15) is 4.79 Å². The lowest BCUT2D eigenvalue weighted by Gasteiger charge is -2.25. The Kier molecular flexibility index (Phi) is 9.23. The fourth-order valence-corrected chi connectivity index (χ4v) is 2.81. The quantitative estimate of drug-likeness (QED) is 0.465. The monoisotopic (exact) mass is 368 g/mol. The molecule has 0 bridgehead atoms. The van der Waals surface area contributed by atoms with Crippen molar-refractivity contribution < 1.29 is 4.79 Å². The number of benzene rings is 1. The summed E-state index contributed by atoms with van der Waals surface area (Å²) in [6.45, 7) is 13.6. The molecule has 0 unspecified atom stereocenters. The molecule has 3 N–H and O–H groups in total. The number of hydrogen-bond acceptors (Lipinski definition) is 4. The number of amides is 1. The molecule has 1 aromatic carbocycles. The first-order chi connectivity index (χ1) is 12.8. The number of nitrogens with zero attached hydrogens (tertiary/aromatic N) is 2. The van der Waals surface area contributed by atoms with Crippen molar-refractivity contribution in [1.29, 1.82) is 0 Å². The molecule has 5 nitrogen and oxygen atoms in total. The Labute approximate surface area is 163 Å². The summed E-state index contributed by atoms with van der Waals surface area (Å²) >= 11 is 0. The molecule has 2 atom stereocenters. The Bertz CT molecular complexity index is 706. The zero-order valence-corrected chi connectivity index (χ0v) is 16.7. The van der Waals surface area contributed by atoms with Crippen LogP contribution in [0.1, 0.15) is 24.5 Å². The summed E-state index contributed by atoms with van der Waals surface area (Å²) in [5.41, 5.74) is 9.51. The third kappa shape index (κ3) is 7.23. The number of likely N-dealkylation sites (N-methyl/N-ethyl adjacent to an activating group) is 1. The van der Waals surface area contributed by atoms with Gasteiger partial charge in [-0.2, -0.15) is 0 Å². The Hall–Kier alpha value is -2.66. The molecule has 0 aliphatic heterocycles. The van der Waals surface area contributed by atoms with Gasteiger partial charge in [0.1, 0.15) is 0 Å². The fraction of sp³-hybridized carbons (Fsp3) is 0.364. The van der Waals surface area contributed by atoms with Gasteiger partial charge in [-0.05, 0) is 49.9 Å². The SMILES string of the molecule is C=CN=C(C=C)[C@@H](C)CC(=O)NC[C@H](Cc1ccc(N)c(C=C)c1)N(C)C. The van der Waals surface area contributed by atoms with Crippen molar-refractivity contribution in [3.63, 3.8) is 0 Å². The average molecular weight is 369 g/mol. The molecule has 1 aromatic rings. The summed E-state index contributed by atoms with van der Waals surface area (Å²) in [5.74, 6) is -0.0115. The van der Waals surface area contributed by atoms with Gasteiger partial charge < -0.3 is 16.0 Å². The number of nitrogens with two attached hydrogens (primary N) is 1. The number of anilines is 1. The lowest BCUT2D eigenvalue weighted by Crippen LogP contribution is -2.42. The van der Waals surface area contributed by atoms with Crippen molar-refractivity contribution in [3.8, 4) is 0 Å². The molecular formula is C22H32N4O. The third-order valence-corrected chi connectivity index (χ3v) is 4.55. The molecule has 146 valence electrons. The van der Waals surface area contributed by atoms with E-state index in [1.165, 1.54) is 6.20 Å². The van der Waals surface area contributed by atoms with E-state index >= 15 is 0 Å². The Morgan fingerprint density at radius 3 is 2.59 bits per heavy atom. The highest BCUT2D eigenvalue weighted by Gasteiger charge is 2.17. The minimum Gasteiger partial charge on any atom is -0.398 e. The molecule has 0 saturated heterocycles. The number of nitrogens with one attached hydrogen (secondary N) is 1. The molecule has 0 aromatic heterocycles. The molecule has 0 aliphatic rings. The highest BCUT2D eigenvalue weighted by atomic mass is 16.1. The second-order valence-corrected chi connectivity index (χ2v) is 6.84. The molecule has 27 heavy (non-hydrogen) atoms. The van der Waals surface area contributed by atoms with Gasteiger partial charge in [0, 0.05) is 42.5 Å². The minimum absolute atomic E-state index is 0.00273. The van der Waals surface area contributed by atoms with Gasteiger partial charge in [0.15, 0.2) is 0 Å². The molecular weight excluding hydrogens is 336 g/mol. The van der Waals surface area contributed by atoms with Gasteiger partial charge in [-0.3, -0.25) is 9.79 Å². The van der Waals surface area contributed by atoms with Crippen LogP contribution in [0.4, 0.5) is 5.69 Å². The van der Waals surface area contributed by atoms with E-state index in [-0.39, 0.29) is 17.9 Å². The predicted octanol–water partition coefficient (Wildman–Crippen LogP) is 3.30. The van der Waals surface area contributed by atoms with E-state index in [1.807, 2.05) is 39.2 Å². The number of carbonyl (C=O) groups is 1. The molecule has 1 rings (SSSR count). The van der Waals surface area contributed by atoms with Crippen LogP contribution in [0.15, 0.2) is 55.2 Å². The molecule has 0 fully saturated rings. The second-order valence-electron chi connectivity index (χ2n) is 6.84. The minimum atomic E-state index is -0.00875. The zero-order valence-electron chi connectivity index (χ0n) is 16.7. The smallest absolute Gasteiger partial charge is 0.220 e. The fourth-order valence-electron chi connectivity index (χ4n) is 2.81. The second kappa shape index (κ2) is 11.1. The van der Waals surface area contributed by atoms with E-state index in [1.54, 1.807) is 12.2 Å². The highest BCUT2D eigenvalue weighted by Crippen LogP contribution is 2.17. The molecule has 1 amide bonds. The van der Waals surface area contributed by atoms with Crippen molar-refractivity contribution in [2.75, 3.05) is 26.4 Å². The molecule has 0 saturated carbocycles. The van der Waals surface area contributed by atoms with Crippen LogP contribution < -0.4 is 11.1 Å². The normalized spacial score (nSPS) is 13.7. The Morgan fingerprint density at radius 1 is 1.33 bits per heavy atom. The number of carbonyl (C=O) groups excluding carboxylic acids is 1. The summed E-state index contributed by atoms with van der Waals surface area (Å²) in [5, 5.41) is 3.04. The first-order valence-corrected chi connectivity index (χ1v) is 9.07. The van der Waals surface area contributed by atoms with Crippen molar-refractivity contribution in [3.05, 3.63) is 61.3 Å². The average Bonchev–Trinajstić information content (AvgIpc) is 2.63. The number of allylic oxidation sites excluding steroid dienone is 1. The predicted molar refractivity (Wildman–Crippen MR) is 117 cm³/mol. The van der Waals surface area contributed by atoms with Crippen molar-refractivity contribution in [1.82, 2.24) is 10.2 Å². The van der Waals surface area contributed by atoms with Gasteiger partial charge in [-0.15, -0.1) is 0 Å². The first kappa shape index (κ1) is 22.4. The summed E-state index contributed by atoms with van der Waals surface area (Å²) in [4.78, 5) is 18.6. The van der Waals surface area contributed by atoms with E-state index in [2.05, 4.69) is 34.9 Å². The van der Waals surface area contributed by atoms with Gasteiger partial charge in [0.05, 0.1) is 0 Å². The van der Waals surface area contributed by atoms with Crippen LogP contribution >= 0.6 is 0 Å². The number of aliphatic imine (C=N–C) groups is 1. The number of nitrogen functional groups attached to an aromatic ring is 1. The standard InChI is InChI=1S/C22H32N4O/c1-7-18-13-17(10-11-20(18)23)14-19(26(5)6)15-25-22(27)12-16(4)21(8-2)24-9-3/h7-11,13,16,19H,1-3,12,14-15,23H2,4-6H3,(H,25,27)/t16-,19-/m0/s1. The summed E-state index contributed by atoms with van der Waals surface area (Å²) in [6.07, 6.45) is 6.06. The lowest BCUT2D eigenvalue weighted by atomic mass is 10.00. The third-order valence-electron chi connectivity index (χ3n) is 4.55. The van der Waals surface area contributed by atoms with Crippen LogP contribution in [0.5, 0.6) is 0 Å². The van der Waals surface area contributed by atoms with E-state index in [4.69, 9.17) is 5.73 Å². The van der Waals surface area contributed by atoms with Gasteiger partial charge in [-0.25, -0.2) is 0 Å². The van der Waals surface area contributed by atoms with Crippen molar-refractivity contribution >= 4 is 23.4 Å². The first-order valence-electron chi connectivity index (χ1n) is 9.07. The Balaban J connectivity index is 2.69. The topological polar surface area (TPSA) is 70.7 Å². The van der Waals surface area contributed by atoms with Gasteiger partial charge in [0.2, 0.25) is 5.91 Å². The van der Waals surface area contributed by atoms with Crippen LogP contribution in [-0.2, 0) is 11.2 Å². The maximum atomic E-state index is 12.3. The van der Waals surface area contributed by atoms with Crippen molar-refractivity contribution in [2.24, 2.45) is 10.9 Å². The lowest BCUT2D eigenvalue weighted by molar-refractivity contribution is -0.121. The summed E-state index contributed by atoms with van der Waals surface area (Å²) in [6, 6.07) is 6.14. The van der Waals surface area contributed by atoms with Crippen molar-refractivity contribution in [2.45, 2.75) is 25.8 Å². The summed E-state index contributed by atoms with van der Waals surface area (Å²) in [7, 11) is 4.02. The van der Waals surface area contributed by atoms with Crippen LogP contribution in [0.25, 0.3) is 6.08 Å². The van der Waals surface area contributed by atoms with Crippen LogP contribution in [0, 0.1) is 5.92 Å². The van der Waals surface area contributed by atoms with E-state index in [0.29, 0.717) is 13.0 Å². The number of rotatable bonds is 11. The molecule has 5 heteroatoms. The van der Waals surface area contributed by atoms with Crippen LogP contribution in [0.2, 0.25) is 0 Å². The van der Waals surface area contributed by atoms with Gasteiger partial charge in [0.25, 0.3) is 0 Å². The largest absolute Gasteiger partial charge is 0.398 e. The maximum Gasteiger partial charge on any atom is 0.220 e. The van der Waals surface area contributed by atoms with Gasteiger partial charge >= 0.3 is 0 Å². The van der Waals surface area contributed by atoms with Crippen LogP contribution in [-0.4, -0.2) is 43.2 Å². The molecule has 0 aliphatic carbocycles. The number of hydrogen-bond donors (Lipinski definition) is 2. The van der Waals surface area contributed by atoms with E-state index < -0.39 is 0 Å².